The van der Waals surface area contributed by atoms with Gasteiger partial charge in [-0.3, -0.25) is 4.90 Å². The minimum atomic E-state index is -4.49. The van der Waals surface area contributed by atoms with Crippen LogP contribution in [0.15, 0.2) is 29.2 Å². The molecule has 1 aromatic rings. The summed E-state index contributed by atoms with van der Waals surface area (Å²) in [5, 5.41) is 3.29. The molecule has 1 aliphatic heterocycles. The summed E-state index contributed by atoms with van der Waals surface area (Å²) >= 11 is 0. The summed E-state index contributed by atoms with van der Waals surface area (Å²) in [6, 6.07) is 6.11. The number of nitrogens with one attached hydrogen (secondary N) is 1. The van der Waals surface area contributed by atoms with E-state index in [0.717, 1.165) is 25.2 Å². The van der Waals surface area contributed by atoms with Gasteiger partial charge in [0.05, 0.1) is 4.90 Å². The first kappa shape index (κ1) is 15.3. The SMILES string of the molecule is C[C@@H]1CNCCN1Cc1ccc(S(=O)(=O)C(F)F)cc1. The van der Waals surface area contributed by atoms with E-state index in [1.165, 1.54) is 12.1 Å². The molecule has 0 saturated carbocycles. The number of benzene rings is 1. The maximum atomic E-state index is 12.4. The van der Waals surface area contributed by atoms with Crippen LogP contribution in [0.1, 0.15) is 12.5 Å². The van der Waals surface area contributed by atoms with Gasteiger partial charge in [-0.2, -0.15) is 8.78 Å². The average Bonchev–Trinajstić information content (AvgIpc) is 2.42. The van der Waals surface area contributed by atoms with E-state index in [4.69, 9.17) is 0 Å². The highest BCUT2D eigenvalue weighted by molar-refractivity contribution is 7.91. The summed E-state index contributed by atoms with van der Waals surface area (Å²) in [6.45, 7) is 5.55. The summed E-state index contributed by atoms with van der Waals surface area (Å²) < 4.78 is 47.5. The number of halogens is 2. The monoisotopic (exact) mass is 304 g/mol. The highest BCUT2D eigenvalue weighted by atomic mass is 32.2. The summed E-state index contributed by atoms with van der Waals surface area (Å²) in [5.41, 5.74) is 0.923. The van der Waals surface area contributed by atoms with Crippen molar-refractivity contribution in [3.8, 4) is 0 Å². The van der Waals surface area contributed by atoms with Crippen LogP contribution in [-0.4, -0.2) is 44.8 Å². The van der Waals surface area contributed by atoms with Crippen molar-refractivity contribution in [3.63, 3.8) is 0 Å². The predicted molar refractivity (Wildman–Crippen MR) is 72.4 cm³/mol. The van der Waals surface area contributed by atoms with E-state index in [9.17, 15) is 17.2 Å². The van der Waals surface area contributed by atoms with Gasteiger partial charge in [-0.1, -0.05) is 12.1 Å². The zero-order valence-corrected chi connectivity index (χ0v) is 12.0. The van der Waals surface area contributed by atoms with Crippen LogP contribution in [0.5, 0.6) is 0 Å². The molecule has 1 saturated heterocycles. The third kappa shape index (κ3) is 3.34. The molecule has 0 radical (unpaired) electrons. The van der Waals surface area contributed by atoms with Gasteiger partial charge < -0.3 is 5.32 Å². The standard InChI is InChI=1S/C13H18F2N2O2S/c1-10-8-16-6-7-17(10)9-11-2-4-12(5-3-11)20(18,19)13(14)15/h2-5,10,13,16H,6-9H2,1H3/t10-/m1/s1. The minimum absolute atomic E-state index is 0.329. The molecule has 1 atom stereocenters. The summed E-state index contributed by atoms with van der Waals surface area (Å²) in [7, 11) is -4.49. The van der Waals surface area contributed by atoms with Crippen molar-refractivity contribution in [2.45, 2.75) is 30.2 Å². The third-order valence-corrected chi connectivity index (χ3v) is 4.91. The van der Waals surface area contributed by atoms with Gasteiger partial charge in [-0.25, -0.2) is 8.42 Å². The fourth-order valence-electron chi connectivity index (χ4n) is 2.24. The number of hydrogen-bond acceptors (Lipinski definition) is 4. The Morgan fingerprint density at radius 3 is 2.55 bits per heavy atom. The molecular formula is C13H18F2N2O2S. The molecule has 0 spiro atoms. The predicted octanol–water partition coefficient (Wildman–Crippen LogP) is 1.48. The van der Waals surface area contributed by atoms with Crippen LogP contribution in [0.25, 0.3) is 0 Å². The molecule has 0 amide bonds. The van der Waals surface area contributed by atoms with Crippen LogP contribution in [0, 0.1) is 0 Å². The summed E-state index contributed by atoms with van der Waals surface area (Å²) in [4.78, 5) is 1.94. The normalized spacial score (nSPS) is 21.3. The number of alkyl halides is 2. The molecule has 2 rings (SSSR count). The lowest BCUT2D eigenvalue weighted by molar-refractivity contribution is 0.165. The second-order valence-electron chi connectivity index (χ2n) is 4.97. The molecule has 1 heterocycles. The molecule has 1 aliphatic rings. The number of sulfone groups is 1. The van der Waals surface area contributed by atoms with E-state index in [-0.39, 0.29) is 4.90 Å². The Kier molecular flexibility index (Phi) is 4.72. The van der Waals surface area contributed by atoms with Gasteiger partial charge in [0.1, 0.15) is 0 Å². The Bertz CT molecular complexity index is 546. The molecule has 1 fully saturated rings. The average molecular weight is 304 g/mol. The number of nitrogens with zero attached hydrogens (tertiary/aromatic N) is 1. The molecule has 0 aromatic heterocycles. The highest BCUT2D eigenvalue weighted by Crippen LogP contribution is 2.19. The van der Waals surface area contributed by atoms with Gasteiger partial charge >= 0.3 is 5.76 Å². The molecule has 0 bridgehead atoms. The van der Waals surface area contributed by atoms with E-state index in [0.29, 0.717) is 12.6 Å². The van der Waals surface area contributed by atoms with E-state index in [1.807, 2.05) is 0 Å². The Morgan fingerprint density at radius 2 is 2.00 bits per heavy atom. The van der Waals surface area contributed by atoms with E-state index >= 15 is 0 Å². The molecule has 1 N–H and O–H groups in total. The Balaban J connectivity index is 2.09. The van der Waals surface area contributed by atoms with Gasteiger partial charge in [0.25, 0.3) is 0 Å². The van der Waals surface area contributed by atoms with Crippen LogP contribution >= 0.6 is 0 Å². The van der Waals surface area contributed by atoms with Crippen LogP contribution in [0.3, 0.4) is 0 Å². The lowest BCUT2D eigenvalue weighted by Crippen LogP contribution is -2.49. The van der Waals surface area contributed by atoms with Crippen molar-refractivity contribution in [3.05, 3.63) is 29.8 Å². The zero-order valence-electron chi connectivity index (χ0n) is 11.2. The van der Waals surface area contributed by atoms with Crippen molar-refractivity contribution in [1.82, 2.24) is 10.2 Å². The van der Waals surface area contributed by atoms with E-state index in [2.05, 4.69) is 17.1 Å². The van der Waals surface area contributed by atoms with Gasteiger partial charge in [0.15, 0.2) is 0 Å². The largest absolute Gasteiger partial charge is 0.341 e. The second-order valence-corrected chi connectivity index (χ2v) is 6.89. The van der Waals surface area contributed by atoms with Gasteiger partial charge in [-0.15, -0.1) is 0 Å². The zero-order chi connectivity index (χ0) is 14.8. The summed E-state index contributed by atoms with van der Waals surface area (Å²) in [5.74, 6) is -3.37. The van der Waals surface area contributed by atoms with Gasteiger partial charge in [0.2, 0.25) is 9.84 Å². The van der Waals surface area contributed by atoms with Crippen LogP contribution in [0.4, 0.5) is 8.78 Å². The Morgan fingerprint density at radius 1 is 1.35 bits per heavy atom. The van der Waals surface area contributed by atoms with Gasteiger partial charge in [0, 0.05) is 32.2 Å². The molecular weight excluding hydrogens is 286 g/mol. The third-order valence-electron chi connectivity index (χ3n) is 3.51. The highest BCUT2D eigenvalue weighted by Gasteiger charge is 2.26. The van der Waals surface area contributed by atoms with Crippen molar-refractivity contribution in [2.75, 3.05) is 19.6 Å². The van der Waals surface area contributed by atoms with Gasteiger partial charge in [-0.05, 0) is 24.6 Å². The Labute approximate surface area is 117 Å². The lowest BCUT2D eigenvalue weighted by Gasteiger charge is -2.33. The van der Waals surface area contributed by atoms with E-state index in [1.54, 1.807) is 12.1 Å². The molecule has 7 heteroatoms. The maximum absolute atomic E-state index is 12.4. The Hall–Kier alpha value is -1.05. The van der Waals surface area contributed by atoms with Crippen molar-refractivity contribution in [2.24, 2.45) is 0 Å². The van der Waals surface area contributed by atoms with Crippen LogP contribution < -0.4 is 5.32 Å². The van der Waals surface area contributed by atoms with Crippen LogP contribution in [-0.2, 0) is 16.4 Å². The molecule has 0 unspecified atom stereocenters. The number of rotatable bonds is 4. The maximum Gasteiger partial charge on any atom is 0.341 e. The molecule has 0 aliphatic carbocycles. The first-order valence-electron chi connectivity index (χ1n) is 6.47. The number of piperazine rings is 1. The molecule has 4 nitrogen and oxygen atoms in total. The fourth-order valence-corrected chi connectivity index (χ4v) is 2.96. The van der Waals surface area contributed by atoms with Crippen molar-refractivity contribution < 1.29 is 17.2 Å². The molecule has 20 heavy (non-hydrogen) atoms. The number of hydrogen-bond donors (Lipinski definition) is 1. The second kappa shape index (κ2) is 6.15. The molecule has 1 aromatic carbocycles. The van der Waals surface area contributed by atoms with Crippen LogP contribution in [0.2, 0.25) is 0 Å². The quantitative estimate of drug-likeness (QED) is 0.915. The van der Waals surface area contributed by atoms with Crippen molar-refractivity contribution >= 4 is 9.84 Å². The molecule has 112 valence electrons. The smallest absolute Gasteiger partial charge is 0.314 e. The summed E-state index contributed by atoms with van der Waals surface area (Å²) in [6.07, 6.45) is 0. The van der Waals surface area contributed by atoms with E-state index < -0.39 is 15.6 Å². The minimum Gasteiger partial charge on any atom is -0.314 e. The fraction of sp³-hybridized carbons (Fsp3) is 0.538. The first-order valence-corrected chi connectivity index (χ1v) is 8.01. The first-order chi connectivity index (χ1) is 9.41. The lowest BCUT2D eigenvalue weighted by atomic mass is 10.1. The topological polar surface area (TPSA) is 49.4 Å². The van der Waals surface area contributed by atoms with Crippen molar-refractivity contribution in [1.29, 1.82) is 0 Å².